The summed E-state index contributed by atoms with van der Waals surface area (Å²) in [6, 6.07) is 8.46. The molecule has 0 amide bonds. The molecule has 0 unspecified atom stereocenters. The Balaban J connectivity index is 1.98. The van der Waals surface area contributed by atoms with Crippen LogP contribution in [0.25, 0.3) is 0 Å². The number of halogens is 1. The van der Waals surface area contributed by atoms with E-state index in [0.29, 0.717) is 11.0 Å². The smallest absolute Gasteiger partial charge is 0.106 e. The first kappa shape index (κ1) is 13.9. The van der Waals surface area contributed by atoms with Crippen LogP contribution in [0.1, 0.15) is 24.0 Å². The average Bonchev–Trinajstić information content (AvgIpc) is 3.12. The molecule has 1 aliphatic rings. The lowest BCUT2D eigenvalue weighted by Gasteiger charge is -2.27. The minimum atomic E-state index is 0.424. The van der Waals surface area contributed by atoms with E-state index in [1.165, 1.54) is 18.4 Å². The third-order valence-corrected chi connectivity index (χ3v) is 4.64. The maximum absolute atomic E-state index is 6.16. The first-order valence-electron chi connectivity index (χ1n) is 6.52. The van der Waals surface area contributed by atoms with Gasteiger partial charge in [0.15, 0.2) is 0 Å². The van der Waals surface area contributed by atoms with Gasteiger partial charge in [-0.05, 0) is 53.4 Å². The molecule has 1 aromatic carbocycles. The second kappa shape index (κ2) is 5.72. The number of benzene rings is 1. The SMILES string of the molecule is NC(=S)c1ccc(Cl)cc1N(Cc1ccsc1)C1CC1. The summed E-state index contributed by atoms with van der Waals surface area (Å²) in [5, 5.41) is 5.00. The van der Waals surface area contributed by atoms with E-state index >= 15 is 0 Å². The highest BCUT2D eigenvalue weighted by Gasteiger charge is 2.31. The van der Waals surface area contributed by atoms with E-state index in [4.69, 9.17) is 29.6 Å². The van der Waals surface area contributed by atoms with Crippen LogP contribution in [0.3, 0.4) is 0 Å². The van der Waals surface area contributed by atoms with Crippen LogP contribution >= 0.6 is 35.2 Å². The number of nitrogens with two attached hydrogens (primary N) is 1. The highest BCUT2D eigenvalue weighted by atomic mass is 35.5. The van der Waals surface area contributed by atoms with Crippen molar-refractivity contribution in [2.24, 2.45) is 5.73 Å². The molecule has 0 atom stereocenters. The zero-order valence-electron chi connectivity index (χ0n) is 10.9. The van der Waals surface area contributed by atoms with Gasteiger partial charge in [0.1, 0.15) is 4.99 Å². The highest BCUT2D eigenvalue weighted by Crippen LogP contribution is 2.36. The van der Waals surface area contributed by atoms with Gasteiger partial charge in [0.05, 0.1) is 0 Å². The quantitative estimate of drug-likeness (QED) is 0.836. The second-order valence-corrected chi connectivity index (χ2v) is 6.67. The van der Waals surface area contributed by atoms with Gasteiger partial charge in [-0.15, -0.1) is 0 Å². The van der Waals surface area contributed by atoms with Crippen molar-refractivity contribution in [1.29, 1.82) is 0 Å². The zero-order valence-corrected chi connectivity index (χ0v) is 13.3. The van der Waals surface area contributed by atoms with Crippen molar-refractivity contribution in [2.45, 2.75) is 25.4 Å². The molecular weight excluding hydrogens is 308 g/mol. The van der Waals surface area contributed by atoms with E-state index in [9.17, 15) is 0 Å². The van der Waals surface area contributed by atoms with Gasteiger partial charge >= 0.3 is 0 Å². The molecule has 2 nitrogen and oxygen atoms in total. The molecule has 0 bridgehead atoms. The monoisotopic (exact) mass is 322 g/mol. The maximum atomic E-state index is 6.16. The molecule has 104 valence electrons. The van der Waals surface area contributed by atoms with Gasteiger partial charge in [0.25, 0.3) is 0 Å². The van der Waals surface area contributed by atoms with E-state index in [-0.39, 0.29) is 0 Å². The summed E-state index contributed by atoms with van der Waals surface area (Å²) < 4.78 is 0. The molecule has 1 heterocycles. The van der Waals surface area contributed by atoms with Crippen LogP contribution in [0.15, 0.2) is 35.0 Å². The van der Waals surface area contributed by atoms with Crippen molar-refractivity contribution in [3.8, 4) is 0 Å². The fraction of sp³-hybridized carbons (Fsp3) is 0.267. The van der Waals surface area contributed by atoms with Crippen molar-refractivity contribution < 1.29 is 0 Å². The molecule has 5 heteroatoms. The van der Waals surface area contributed by atoms with Crippen molar-refractivity contribution in [3.63, 3.8) is 0 Å². The number of hydrogen-bond donors (Lipinski definition) is 1. The van der Waals surface area contributed by atoms with E-state index in [0.717, 1.165) is 22.8 Å². The number of rotatable bonds is 5. The Hall–Kier alpha value is -1.10. The third-order valence-electron chi connectivity index (χ3n) is 3.46. The molecule has 0 radical (unpaired) electrons. The van der Waals surface area contributed by atoms with Gasteiger partial charge in [0.2, 0.25) is 0 Å². The van der Waals surface area contributed by atoms with Gasteiger partial charge in [0, 0.05) is 28.9 Å². The van der Waals surface area contributed by atoms with Crippen LogP contribution in [0.5, 0.6) is 0 Å². The lowest BCUT2D eigenvalue weighted by Crippen LogP contribution is -2.27. The molecule has 3 rings (SSSR count). The largest absolute Gasteiger partial charge is 0.389 e. The predicted octanol–water partition coefficient (Wildman–Crippen LogP) is 4.20. The number of anilines is 1. The topological polar surface area (TPSA) is 29.3 Å². The Morgan fingerprint density at radius 3 is 2.80 bits per heavy atom. The molecule has 1 saturated carbocycles. The average molecular weight is 323 g/mol. The van der Waals surface area contributed by atoms with Crippen LogP contribution in [0.2, 0.25) is 5.02 Å². The Kier molecular flexibility index (Phi) is 3.96. The minimum Gasteiger partial charge on any atom is -0.389 e. The lowest BCUT2D eigenvalue weighted by atomic mass is 10.1. The molecule has 0 spiro atoms. The maximum Gasteiger partial charge on any atom is 0.106 e. The summed E-state index contributed by atoms with van der Waals surface area (Å²) in [6.07, 6.45) is 2.43. The Morgan fingerprint density at radius 1 is 1.40 bits per heavy atom. The molecule has 2 aromatic rings. The van der Waals surface area contributed by atoms with Gasteiger partial charge in [-0.25, -0.2) is 0 Å². The molecular formula is C15H15ClN2S2. The summed E-state index contributed by atoms with van der Waals surface area (Å²) >= 11 is 13.1. The van der Waals surface area contributed by atoms with Crippen molar-refractivity contribution in [2.75, 3.05) is 4.90 Å². The number of thiocarbonyl (C=S) groups is 1. The molecule has 1 aromatic heterocycles. The molecule has 0 aliphatic heterocycles. The second-order valence-electron chi connectivity index (χ2n) is 5.02. The Labute approximate surface area is 133 Å². The van der Waals surface area contributed by atoms with Crippen LogP contribution in [0.4, 0.5) is 5.69 Å². The van der Waals surface area contributed by atoms with Crippen LogP contribution in [-0.4, -0.2) is 11.0 Å². The summed E-state index contributed by atoms with van der Waals surface area (Å²) in [5.41, 5.74) is 9.14. The predicted molar refractivity (Wildman–Crippen MR) is 90.9 cm³/mol. The summed E-state index contributed by atoms with van der Waals surface area (Å²) in [7, 11) is 0. The zero-order chi connectivity index (χ0) is 14.1. The third kappa shape index (κ3) is 2.97. The van der Waals surface area contributed by atoms with E-state index in [1.807, 2.05) is 18.2 Å². The van der Waals surface area contributed by atoms with E-state index in [1.54, 1.807) is 11.3 Å². The van der Waals surface area contributed by atoms with Crippen LogP contribution in [-0.2, 0) is 6.54 Å². The minimum absolute atomic E-state index is 0.424. The molecule has 1 fully saturated rings. The van der Waals surface area contributed by atoms with Gasteiger partial charge in [-0.2, -0.15) is 11.3 Å². The summed E-state index contributed by atoms with van der Waals surface area (Å²) in [5.74, 6) is 0. The summed E-state index contributed by atoms with van der Waals surface area (Å²) in [6.45, 7) is 0.879. The fourth-order valence-electron chi connectivity index (χ4n) is 2.33. The van der Waals surface area contributed by atoms with E-state index in [2.05, 4.69) is 21.7 Å². The molecule has 2 N–H and O–H groups in total. The molecule has 0 saturated heterocycles. The van der Waals surface area contributed by atoms with Crippen molar-refractivity contribution in [3.05, 3.63) is 51.2 Å². The molecule has 20 heavy (non-hydrogen) atoms. The first-order chi connectivity index (χ1) is 9.65. The van der Waals surface area contributed by atoms with Crippen LogP contribution in [0, 0.1) is 0 Å². The van der Waals surface area contributed by atoms with Crippen LogP contribution < -0.4 is 10.6 Å². The van der Waals surface area contributed by atoms with Crippen molar-refractivity contribution >= 4 is 45.8 Å². The fourth-order valence-corrected chi connectivity index (χ4v) is 3.33. The Morgan fingerprint density at radius 2 is 2.20 bits per heavy atom. The first-order valence-corrected chi connectivity index (χ1v) is 8.25. The van der Waals surface area contributed by atoms with Gasteiger partial charge in [-0.1, -0.05) is 23.8 Å². The summed E-state index contributed by atoms with van der Waals surface area (Å²) in [4.78, 5) is 2.80. The lowest BCUT2D eigenvalue weighted by molar-refractivity contribution is 0.796. The standard InChI is InChI=1S/C15H15ClN2S2/c16-11-1-4-13(15(17)19)14(7-11)18(12-2-3-12)8-10-5-6-20-9-10/h1,4-7,9,12H,2-3,8H2,(H2,17,19). The number of hydrogen-bond acceptors (Lipinski definition) is 3. The highest BCUT2D eigenvalue weighted by molar-refractivity contribution is 7.80. The van der Waals surface area contributed by atoms with Crippen molar-refractivity contribution in [1.82, 2.24) is 0 Å². The molecule has 1 aliphatic carbocycles. The number of nitrogens with zero attached hydrogens (tertiary/aromatic N) is 1. The van der Waals surface area contributed by atoms with Gasteiger partial charge < -0.3 is 10.6 Å². The van der Waals surface area contributed by atoms with E-state index < -0.39 is 0 Å². The Bertz CT molecular complexity index is 621. The normalized spacial score (nSPS) is 14.2. The van der Waals surface area contributed by atoms with Gasteiger partial charge in [-0.3, -0.25) is 0 Å². The number of thiophene rings is 1.